The van der Waals surface area contributed by atoms with E-state index < -0.39 is 0 Å². The van der Waals surface area contributed by atoms with Crippen molar-refractivity contribution in [2.24, 2.45) is 5.92 Å². The Balaban J connectivity index is 2.79. The number of carbonyl (C=O) groups is 1. The minimum Gasteiger partial charge on any atom is -0.469 e. The van der Waals surface area contributed by atoms with Gasteiger partial charge in [0.25, 0.3) is 0 Å². The third-order valence-electron chi connectivity index (χ3n) is 1.89. The van der Waals surface area contributed by atoms with E-state index in [-0.39, 0.29) is 11.9 Å². The van der Waals surface area contributed by atoms with Gasteiger partial charge in [-0.2, -0.15) is 0 Å². The fourth-order valence-electron chi connectivity index (χ4n) is 1.13. The molecule has 72 valence electrons. The molecular weight excluding hydrogens is 211 g/mol. The lowest BCUT2D eigenvalue weighted by atomic mass is 10.1. The number of rotatable bonds is 1. The summed E-state index contributed by atoms with van der Waals surface area (Å²) in [5.74, 6) is -0.702. The Morgan fingerprint density at radius 2 is 2.23 bits per heavy atom. The molecule has 0 amide bonds. The van der Waals surface area contributed by atoms with E-state index in [1.807, 2.05) is 0 Å². The molecule has 1 aliphatic carbocycles. The fraction of sp³-hybridized carbons (Fsp3) is 0.444. The van der Waals surface area contributed by atoms with Crippen molar-refractivity contribution >= 4 is 29.2 Å². The summed E-state index contributed by atoms with van der Waals surface area (Å²) >= 11 is 11.7. The number of allylic oxidation sites excluding steroid dienone is 3. The van der Waals surface area contributed by atoms with Crippen LogP contribution in [-0.4, -0.2) is 13.1 Å². The van der Waals surface area contributed by atoms with Crippen molar-refractivity contribution in [1.29, 1.82) is 0 Å². The first-order valence-electron chi connectivity index (χ1n) is 3.93. The molecule has 1 rings (SSSR count). The summed E-state index contributed by atoms with van der Waals surface area (Å²) < 4.78 is 4.61. The standard InChI is InChI=1S/C9H10Cl2O2/c1-13-9(12)7-4-2-6(10)3-5-8(7)11/h2,5,7H,3-4H2,1H3. The Morgan fingerprint density at radius 3 is 2.85 bits per heavy atom. The molecule has 0 heterocycles. The van der Waals surface area contributed by atoms with Crippen molar-refractivity contribution < 1.29 is 9.53 Å². The van der Waals surface area contributed by atoms with Crippen LogP contribution < -0.4 is 0 Å². The molecule has 0 fully saturated rings. The van der Waals surface area contributed by atoms with Gasteiger partial charge in [0.1, 0.15) is 0 Å². The van der Waals surface area contributed by atoms with Gasteiger partial charge >= 0.3 is 5.97 Å². The summed E-state index contributed by atoms with van der Waals surface area (Å²) in [5.41, 5.74) is 0. The molecule has 0 aromatic carbocycles. The van der Waals surface area contributed by atoms with Gasteiger partial charge in [0, 0.05) is 16.5 Å². The number of methoxy groups -OCH3 is 1. The summed E-state index contributed by atoms with van der Waals surface area (Å²) in [6.07, 6.45) is 4.65. The number of halogens is 2. The van der Waals surface area contributed by atoms with E-state index in [1.165, 1.54) is 7.11 Å². The lowest BCUT2D eigenvalue weighted by Crippen LogP contribution is -2.15. The molecule has 13 heavy (non-hydrogen) atoms. The zero-order valence-electron chi connectivity index (χ0n) is 7.22. The van der Waals surface area contributed by atoms with Crippen LogP contribution in [0.3, 0.4) is 0 Å². The van der Waals surface area contributed by atoms with Crippen LogP contribution in [0.25, 0.3) is 0 Å². The highest BCUT2D eigenvalue weighted by Gasteiger charge is 2.22. The number of carbonyl (C=O) groups excluding carboxylic acids is 1. The van der Waals surface area contributed by atoms with E-state index in [0.29, 0.717) is 22.9 Å². The molecule has 0 N–H and O–H groups in total. The van der Waals surface area contributed by atoms with Gasteiger partial charge in [0.2, 0.25) is 0 Å². The van der Waals surface area contributed by atoms with Crippen molar-refractivity contribution in [3.05, 3.63) is 22.2 Å². The quantitative estimate of drug-likeness (QED) is 0.636. The normalized spacial score (nSPS) is 22.8. The van der Waals surface area contributed by atoms with E-state index in [4.69, 9.17) is 23.2 Å². The molecule has 0 aromatic heterocycles. The Bertz CT molecular complexity index is 269. The first-order valence-corrected chi connectivity index (χ1v) is 4.68. The maximum absolute atomic E-state index is 11.2. The van der Waals surface area contributed by atoms with Gasteiger partial charge in [-0.25, -0.2) is 0 Å². The third-order valence-corrected chi connectivity index (χ3v) is 2.61. The van der Waals surface area contributed by atoms with Crippen LogP contribution in [0.1, 0.15) is 12.8 Å². The van der Waals surface area contributed by atoms with Crippen molar-refractivity contribution in [1.82, 2.24) is 0 Å². The van der Waals surface area contributed by atoms with Gasteiger partial charge in [-0.1, -0.05) is 35.4 Å². The maximum atomic E-state index is 11.2. The number of ether oxygens (including phenoxy) is 1. The molecule has 2 nitrogen and oxygen atoms in total. The highest BCUT2D eigenvalue weighted by atomic mass is 35.5. The summed E-state index contributed by atoms with van der Waals surface area (Å²) in [6.45, 7) is 0. The van der Waals surface area contributed by atoms with E-state index in [2.05, 4.69) is 4.74 Å². The smallest absolute Gasteiger partial charge is 0.314 e. The Morgan fingerprint density at radius 1 is 1.54 bits per heavy atom. The van der Waals surface area contributed by atoms with Gasteiger partial charge in [0.05, 0.1) is 13.0 Å². The third kappa shape index (κ3) is 2.75. The summed E-state index contributed by atoms with van der Waals surface area (Å²) in [7, 11) is 1.35. The molecule has 0 saturated carbocycles. The molecule has 0 spiro atoms. The van der Waals surface area contributed by atoms with Crippen LogP contribution in [0.15, 0.2) is 22.2 Å². The molecule has 0 saturated heterocycles. The Labute approximate surface area is 87.2 Å². The summed E-state index contributed by atoms with van der Waals surface area (Å²) in [5, 5.41) is 1.23. The van der Waals surface area contributed by atoms with Gasteiger partial charge < -0.3 is 4.74 Å². The second kappa shape index (κ2) is 4.68. The SMILES string of the molecule is COC(=O)C1CC=C(Cl)CC=C1Cl. The summed E-state index contributed by atoms with van der Waals surface area (Å²) in [6, 6.07) is 0. The van der Waals surface area contributed by atoms with Gasteiger partial charge in [0.15, 0.2) is 0 Å². The van der Waals surface area contributed by atoms with Gasteiger partial charge in [-0.15, -0.1) is 0 Å². The molecule has 1 aliphatic rings. The molecule has 0 aliphatic heterocycles. The molecule has 0 radical (unpaired) electrons. The Kier molecular flexibility index (Phi) is 3.82. The van der Waals surface area contributed by atoms with Gasteiger partial charge in [-0.05, 0) is 6.42 Å². The number of hydrogen-bond donors (Lipinski definition) is 0. The predicted molar refractivity (Wildman–Crippen MR) is 52.6 cm³/mol. The topological polar surface area (TPSA) is 26.3 Å². The average Bonchev–Trinajstić information content (AvgIpc) is 2.28. The molecule has 0 bridgehead atoms. The summed E-state index contributed by atoms with van der Waals surface area (Å²) in [4.78, 5) is 11.2. The average molecular weight is 221 g/mol. The van der Waals surface area contributed by atoms with E-state index in [1.54, 1.807) is 12.2 Å². The zero-order chi connectivity index (χ0) is 9.84. The van der Waals surface area contributed by atoms with Crippen LogP contribution in [0.4, 0.5) is 0 Å². The highest BCUT2D eigenvalue weighted by molar-refractivity contribution is 6.32. The predicted octanol–water partition coefficient (Wildman–Crippen LogP) is 2.81. The zero-order valence-corrected chi connectivity index (χ0v) is 8.73. The minimum atomic E-state index is -0.386. The molecule has 1 atom stereocenters. The fourth-order valence-corrected chi connectivity index (χ4v) is 1.55. The van der Waals surface area contributed by atoms with Crippen molar-refractivity contribution in [2.45, 2.75) is 12.8 Å². The van der Waals surface area contributed by atoms with E-state index in [9.17, 15) is 4.79 Å². The molecule has 4 heteroatoms. The van der Waals surface area contributed by atoms with E-state index >= 15 is 0 Å². The first kappa shape index (κ1) is 10.6. The second-order valence-electron chi connectivity index (χ2n) is 2.76. The molecule has 0 aromatic rings. The largest absolute Gasteiger partial charge is 0.469 e. The van der Waals surface area contributed by atoms with Crippen LogP contribution >= 0.6 is 23.2 Å². The highest BCUT2D eigenvalue weighted by Crippen LogP contribution is 2.28. The number of esters is 1. The van der Waals surface area contributed by atoms with E-state index in [0.717, 1.165) is 0 Å². The van der Waals surface area contributed by atoms with Crippen LogP contribution in [-0.2, 0) is 9.53 Å². The second-order valence-corrected chi connectivity index (χ2v) is 3.68. The van der Waals surface area contributed by atoms with Crippen molar-refractivity contribution in [2.75, 3.05) is 7.11 Å². The maximum Gasteiger partial charge on any atom is 0.314 e. The first-order chi connectivity index (χ1) is 6.15. The van der Waals surface area contributed by atoms with Crippen molar-refractivity contribution in [3.8, 4) is 0 Å². The molecule has 1 unspecified atom stereocenters. The Hall–Kier alpha value is -0.470. The van der Waals surface area contributed by atoms with Crippen LogP contribution in [0.2, 0.25) is 0 Å². The van der Waals surface area contributed by atoms with Crippen molar-refractivity contribution in [3.63, 3.8) is 0 Å². The van der Waals surface area contributed by atoms with Crippen LogP contribution in [0.5, 0.6) is 0 Å². The van der Waals surface area contributed by atoms with Gasteiger partial charge in [-0.3, -0.25) is 4.79 Å². The minimum absolute atomic E-state index is 0.316. The van der Waals surface area contributed by atoms with Crippen LogP contribution in [0, 0.1) is 5.92 Å². The number of hydrogen-bond acceptors (Lipinski definition) is 2. The molecular formula is C9H10Cl2O2. The lowest BCUT2D eigenvalue weighted by Gasteiger charge is -2.09. The monoisotopic (exact) mass is 220 g/mol. The lowest BCUT2D eigenvalue weighted by molar-refractivity contribution is -0.143.